The summed E-state index contributed by atoms with van der Waals surface area (Å²) >= 11 is 3.14. The van der Waals surface area contributed by atoms with Gasteiger partial charge in [-0.3, -0.25) is 0 Å². The molecule has 0 aliphatic rings. The van der Waals surface area contributed by atoms with Gasteiger partial charge in [0.1, 0.15) is 0 Å². The van der Waals surface area contributed by atoms with Crippen LogP contribution in [0.1, 0.15) is 5.56 Å². The molecule has 12 heavy (non-hydrogen) atoms. The van der Waals surface area contributed by atoms with Crippen molar-refractivity contribution >= 4 is 21.6 Å². The molecule has 0 heterocycles. The van der Waals surface area contributed by atoms with Gasteiger partial charge in [-0.1, -0.05) is 15.9 Å². The van der Waals surface area contributed by atoms with Crippen molar-refractivity contribution in [2.24, 2.45) is 0 Å². The van der Waals surface area contributed by atoms with Crippen LogP contribution in [0.2, 0.25) is 0 Å². The van der Waals surface area contributed by atoms with Crippen molar-refractivity contribution in [1.82, 2.24) is 0 Å². The number of anilines is 1. The first-order chi connectivity index (χ1) is 5.66. The number of nitrogens with two attached hydrogens (primary N) is 1. The van der Waals surface area contributed by atoms with Crippen LogP contribution in [0.15, 0.2) is 16.6 Å². The van der Waals surface area contributed by atoms with E-state index in [1.165, 1.54) is 6.07 Å². The van der Waals surface area contributed by atoms with Gasteiger partial charge in [-0.2, -0.15) is 5.26 Å². The second-order valence-corrected chi connectivity index (χ2v) is 3.12. The molecule has 1 rings (SSSR count). The smallest absolute Gasteiger partial charge is 0.151 e. The van der Waals surface area contributed by atoms with E-state index in [0.29, 0.717) is 10.0 Å². The third-order valence-corrected chi connectivity index (χ3v) is 2.21. The van der Waals surface area contributed by atoms with E-state index < -0.39 is 5.82 Å². The molecule has 0 aromatic heterocycles. The molecule has 0 aliphatic carbocycles. The quantitative estimate of drug-likeness (QED) is 0.750. The second kappa shape index (κ2) is 3.55. The Bertz CT molecular complexity index is 344. The van der Waals surface area contributed by atoms with Crippen molar-refractivity contribution < 1.29 is 4.39 Å². The summed E-state index contributed by atoms with van der Waals surface area (Å²) in [5, 5.41) is 8.38. The third-order valence-electron chi connectivity index (χ3n) is 1.47. The van der Waals surface area contributed by atoms with Crippen molar-refractivity contribution in [2.75, 3.05) is 5.73 Å². The molecule has 0 saturated carbocycles. The summed E-state index contributed by atoms with van der Waals surface area (Å²) in [6.07, 6.45) is 0.0253. The second-order valence-electron chi connectivity index (χ2n) is 2.26. The molecule has 0 amide bonds. The van der Waals surface area contributed by atoms with E-state index >= 15 is 0 Å². The molecule has 0 fully saturated rings. The number of halogens is 2. The van der Waals surface area contributed by atoms with E-state index in [1.54, 1.807) is 6.07 Å². The molecular weight excluding hydrogens is 223 g/mol. The maximum absolute atomic E-state index is 13.1. The van der Waals surface area contributed by atoms with Crippen LogP contribution in [0, 0.1) is 17.1 Å². The summed E-state index contributed by atoms with van der Waals surface area (Å²) in [5.41, 5.74) is 5.70. The van der Waals surface area contributed by atoms with Gasteiger partial charge >= 0.3 is 0 Å². The predicted molar refractivity (Wildman–Crippen MR) is 47.8 cm³/mol. The van der Waals surface area contributed by atoms with Crippen molar-refractivity contribution in [1.29, 1.82) is 5.26 Å². The van der Waals surface area contributed by atoms with Crippen LogP contribution in [0.5, 0.6) is 0 Å². The molecule has 0 spiro atoms. The fourth-order valence-electron chi connectivity index (χ4n) is 0.857. The Morgan fingerprint density at radius 2 is 2.25 bits per heavy atom. The van der Waals surface area contributed by atoms with Crippen LogP contribution in [0.4, 0.5) is 10.1 Å². The Kier molecular flexibility index (Phi) is 2.66. The zero-order valence-electron chi connectivity index (χ0n) is 6.14. The molecule has 62 valence electrons. The summed E-state index contributed by atoms with van der Waals surface area (Å²) in [7, 11) is 0. The van der Waals surface area contributed by atoms with Gasteiger partial charge in [-0.25, -0.2) is 4.39 Å². The minimum atomic E-state index is -0.508. The van der Waals surface area contributed by atoms with Crippen LogP contribution in [-0.2, 0) is 6.42 Å². The molecule has 0 aliphatic heterocycles. The zero-order valence-corrected chi connectivity index (χ0v) is 7.73. The molecule has 4 heteroatoms. The Morgan fingerprint density at radius 3 is 2.83 bits per heavy atom. The average molecular weight is 229 g/mol. The van der Waals surface area contributed by atoms with Crippen molar-refractivity contribution in [3.8, 4) is 6.07 Å². The van der Waals surface area contributed by atoms with E-state index in [-0.39, 0.29) is 12.1 Å². The molecule has 2 nitrogen and oxygen atoms in total. The molecule has 1 aromatic rings. The topological polar surface area (TPSA) is 49.8 Å². The Hall–Kier alpha value is -1.08. The van der Waals surface area contributed by atoms with Crippen LogP contribution in [0.3, 0.4) is 0 Å². The number of nitrogens with zero attached hydrogens (tertiary/aromatic N) is 1. The highest BCUT2D eigenvalue weighted by atomic mass is 79.9. The molecule has 0 unspecified atom stereocenters. The Morgan fingerprint density at radius 1 is 1.58 bits per heavy atom. The number of rotatable bonds is 1. The van der Waals surface area contributed by atoms with E-state index in [1.807, 2.05) is 6.07 Å². The number of benzene rings is 1. The highest BCUT2D eigenvalue weighted by Crippen LogP contribution is 2.24. The molecular formula is C8H6BrFN2. The number of nitrogen functional groups attached to an aromatic ring is 1. The Balaban J connectivity index is 3.25. The molecule has 2 N–H and O–H groups in total. The number of hydrogen-bond acceptors (Lipinski definition) is 2. The average Bonchev–Trinajstić information content (AvgIpc) is 2.06. The highest BCUT2D eigenvalue weighted by Gasteiger charge is 2.08. The maximum Gasteiger partial charge on any atom is 0.151 e. The van der Waals surface area contributed by atoms with Gasteiger partial charge < -0.3 is 5.73 Å². The SMILES string of the molecule is N#CCc1c(Br)ccc(N)c1F. The van der Waals surface area contributed by atoms with E-state index in [4.69, 9.17) is 11.0 Å². The molecule has 0 radical (unpaired) electrons. The highest BCUT2D eigenvalue weighted by molar-refractivity contribution is 9.10. The van der Waals surface area contributed by atoms with Gasteiger partial charge in [-0.05, 0) is 12.1 Å². The van der Waals surface area contributed by atoms with Crippen molar-refractivity contribution in [3.63, 3.8) is 0 Å². The van der Waals surface area contributed by atoms with Crippen LogP contribution >= 0.6 is 15.9 Å². The van der Waals surface area contributed by atoms with E-state index in [0.717, 1.165) is 0 Å². The minimum Gasteiger partial charge on any atom is -0.396 e. The van der Waals surface area contributed by atoms with Gasteiger partial charge in [0.2, 0.25) is 0 Å². The summed E-state index contributed by atoms with van der Waals surface area (Å²) in [4.78, 5) is 0. The molecule has 0 atom stereocenters. The summed E-state index contributed by atoms with van der Waals surface area (Å²) in [5.74, 6) is -0.508. The van der Waals surface area contributed by atoms with Gasteiger partial charge in [0.15, 0.2) is 5.82 Å². The lowest BCUT2D eigenvalue weighted by Crippen LogP contribution is -1.97. The summed E-state index contributed by atoms with van der Waals surface area (Å²) in [6, 6.07) is 4.96. The van der Waals surface area contributed by atoms with Crippen LogP contribution in [-0.4, -0.2) is 0 Å². The third kappa shape index (κ3) is 1.56. The van der Waals surface area contributed by atoms with Crippen LogP contribution in [0.25, 0.3) is 0 Å². The minimum absolute atomic E-state index is 0.0253. The first-order valence-corrected chi connectivity index (χ1v) is 4.05. The first kappa shape index (κ1) is 9.01. The fourth-order valence-corrected chi connectivity index (χ4v) is 1.30. The van der Waals surface area contributed by atoms with E-state index in [9.17, 15) is 4.39 Å². The monoisotopic (exact) mass is 228 g/mol. The van der Waals surface area contributed by atoms with Gasteiger partial charge in [-0.15, -0.1) is 0 Å². The largest absolute Gasteiger partial charge is 0.396 e. The predicted octanol–water partition coefficient (Wildman–Crippen LogP) is 2.24. The standard InChI is InChI=1S/C8H6BrFN2/c9-6-1-2-7(12)8(10)5(6)3-4-11/h1-2H,3,12H2. The molecule has 0 saturated heterocycles. The fraction of sp³-hybridized carbons (Fsp3) is 0.125. The molecule has 0 bridgehead atoms. The van der Waals surface area contributed by atoms with Crippen LogP contribution < -0.4 is 5.73 Å². The summed E-state index contributed by atoms with van der Waals surface area (Å²) in [6.45, 7) is 0. The van der Waals surface area contributed by atoms with Crippen molar-refractivity contribution in [3.05, 3.63) is 28.0 Å². The number of nitriles is 1. The first-order valence-electron chi connectivity index (χ1n) is 3.26. The van der Waals surface area contributed by atoms with Crippen molar-refractivity contribution in [2.45, 2.75) is 6.42 Å². The molecule has 1 aromatic carbocycles. The Labute approximate surface area is 77.9 Å². The van der Waals surface area contributed by atoms with Gasteiger partial charge in [0, 0.05) is 10.0 Å². The lowest BCUT2D eigenvalue weighted by molar-refractivity contribution is 0.619. The zero-order chi connectivity index (χ0) is 9.14. The lowest BCUT2D eigenvalue weighted by Gasteiger charge is -2.03. The number of hydrogen-bond donors (Lipinski definition) is 1. The lowest BCUT2D eigenvalue weighted by atomic mass is 10.1. The maximum atomic E-state index is 13.1. The van der Waals surface area contributed by atoms with E-state index in [2.05, 4.69) is 15.9 Å². The van der Waals surface area contributed by atoms with Gasteiger partial charge in [0.05, 0.1) is 18.2 Å². The van der Waals surface area contributed by atoms with Gasteiger partial charge in [0.25, 0.3) is 0 Å². The normalized spacial score (nSPS) is 9.42. The summed E-state index contributed by atoms with van der Waals surface area (Å²) < 4.78 is 13.7.